The number of aliphatic hydroxyl groups is 2. The Hall–Kier alpha value is -1.28. The van der Waals surface area contributed by atoms with Crippen molar-refractivity contribution in [2.45, 2.75) is 219 Å². The second-order valence-corrected chi connectivity index (χ2v) is 16.7. The zero-order valence-corrected chi connectivity index (χ0v) is 37.6. The van der Waals surface area contributed by atoms with Gasteiger partial charge >= 0.3 is 0 Å². The molecule has 0 saturated carbocycles. The predicted molar refractivity (Wildman–Crippen MR) is 249 cm³/mol. The molecule has 0 aliphatic carbocycles. The topological polar surface area (TPSA) is 99.0 Å². The summed E-state index contributed by atoms with van der Waals surface area (Å²) in [5, 5.41) is 20.5. The summed E-state index contributed by atoms with van der Waals surface area (Å²) in [4.78, 5) is 4.91. The SMILES string of the molecule is CCCCC/C=C\C/C=C/CCCCCCCCN(CCCCCCCCN(CCCCCCCC/C=C/C/C=C\CCCCC)CC(O)CN)CC(O)CN. The number of nitrogens with two attached hydrogens (primary N) is 2. The van der Waals surface area contributed by atoms with Gasteiger partial charge in [-0.25, -0.2) is 0 Å². The highest BCUT2D eigenvalue weighted by molar-refractivity contribution is 4.93. The lowest BCUT2D eigenvalue weighted by Gasteiger charge is -2.25. The summed E-state index contributed by atoms with van der Waals surface area (Å²) in [6.07, 6.45) is 55.9. The molecule has 0 heterocycles. The van der Waals surface area contributed by atoms with Gasteiger partial charge in [0.2, 0.25) is 0 Å². The number of unbranched alkanes of at least 4 members (excludes halogenated alkanes) is 23. The summed E-state index contributed by atoms with van der Waals surface area (Å²) in [7, 11) is 0. The molecule has 2 atom stereocenters. The molecule has 0 bridgehead atoms. The Morgan fingerprint density at radius 3 is 0.875 bits per heavy atom. The standard InChI is InChI=1S/C50H98N4O2/c1-3-5-7-9-11-13-15-17-19-21-23-25-27-29-33-37-41-53(47-49(55)45-51)43-39-35-31-32-36-40-44-54(48-50(56)46-52)42-38-34-30-28-26-24-22-20-18-16-14-12-10-8-6-4-2/h11-14,17-20,49-50,55-56H,3-10,15-16,21-48,51-52H2,1-2H3/b13-11-,14-12-,19-17+,20-18+. The number of hydrogen-bond acceptors (Lipinski definition) is 6. The Morgan fingerprint density at radius 1 is 0.357 bits per heavy atom. The van der Waals surface area contributed by atoms with Crippen LogP contribution in [0.1, 0.15) is 206 Å². The maximum atomic E-state index is 10.2. The maximum absolute atomic E-state index is 10.2. The summed E-state index contributed by atoms with van der Waals surface area (Å²) in [5.41, 5.74) is 11.5. The van der Waals surface area contributed by atoms with Crippen LogP contribution in [-0.2, 0) is 0 Å². The normalized spacial score (nSPS) is 13.6. The third-order valence-corrected chi connectivity index (χ3v) is 11.0. The van der Waals surface area contributed by atoms with Gasteiger partial charge in [-0.1, -0.05) is 165 Å². The molecule has 0 spiro atoms. The molecule has 0 radical (unpaired) electrons. The highest BCUT2D eigenvalue weighted by Gasteiger charge is 2.12. The van der Waals surface area contributed by atoms with E-state index >= 15 is 0 Å². The van der Waals surface area contributed by atoms with E-state index in [0.717, 1.165) is 39.0 Å². The summed E-state index contributed by atoms with van der Waals surface area (Å²) < 4.78 is 0. The molecule has 0 amide bonds. The molecule has 0 aromatic carbocycles. The van der Waals surface area contributed by atoms with Gasteiger partial charge in [-0.2, -0.15) is 0 Å². The predicted octanol–water partition coefficient (Wildman–Crippen LogP) is 12.2. The van der Waals surface area contributed by atoms with E-state index in [1.54, 1.807) is 0 Å². The largest absolute Gasteiger partial charge is 0.390 e. The fraction of sp³-hybridized carbons (Fsp3) is 0.840. The third kappa shape index (κ3) is 42.3. The molecule has 0 saturated heterocycles. The second-order valence-electron chi connectivity index (χ2n) is 16.7. The molecule has 0 aliphatic rings. The number of nitrogens with zero attached hydrogens (tertiary/aromatic N) is 2. The van der Waals surface area contributed by atoms with Crippen LogP contribution in [0.3, 0.4) is 0 Å². The first kappa shape index (κ1) is 54.7. The smallest absolute Gasteiger partial charge is 0.0789 e. The Labute approximate surface area is 350 Å². The number of hydrogen-bond donors (Lipinski definition) is 4. The molecule has 0 aromatic rings. The van der Waals surface area contributed by atoms with Crippen LogP contribution in [0.5, 0.6) is 0 Å². The number of rotatable bonds is 45. The monoisotopic (exact) mass is 787 g/mol. The summed E-state index contributed by atoms with van der Waals surface area (Å²) in [6, 6.07) is 0. The highest BCUT2D eigenvalue weighted by Crippen LogP contribution is 2.13. The number of aliphatic hydroxyl groups excluding tert-OH is 2. The third-order valence-electron chi connectivity index (χ3n) is 11.0. The van der Waals surface area contributed by atoms with E-state index in [1.165, 1.54) is 180 Å². The van der Waals surface area contributed by atoms with Crippen LogP contribution >= 0.6 is 0 Å². The van der Waals surface area contributed by atoms with Crippen molar-refractivity contribution in [1.82, 2.24) is 9.80 Å². The van der Waals surface area contributed by atoms with Gasteiger partial charge in [0.25, 0.3) is 0 Å². The first-order valence-electron chi connectivity index (χ1n) is 24.4. The molecule has 6 nitrogen and oxygen atoms in total. The van der Waals surface area contributed by atoms with Crippen molar-refractivity contribution in [2.75, 3.05) is 52.4 Å². The van der Waals surface area contributed by atoms with E-state index in [4.69, 9.17) is 11.5 Å². The lowest BCUT2D eigenvalue weighted by Crippen LogP contribution is -2.37. The first-order chi connectivity index (χ1) is 27.6. The van der Waals surface area contributed by atoms with Crippen molar-refractivity contribution in [3.63, 3.8) is 0 Å². The summed E-state index contributed by atoms with van der Waals surface area (Å²) in [5.74, 6) is 0. The van der Waals surface area contributed by atoms with Crippen molar-refractivity contribution in [3.05, 3.63) is 48.6 Å². The molecule has 0 aromatic heterocycles. The zero-order chi connectivity index (χ0) is 40.8. The van der Waals surface area contributed by atoms with Gasteiger partial charge in [0.05, 0.1) is 12.2 Å². The van der Waals surface area contributed by atoms with E-state index in [0.29, 0.717) is 26.2 Å². The molecule has 0 aliphatic heterocycles. The van der Waals surface area contributed by atoms with Crippen molar-refractivity contribution in [1.29, 1.82) is 0 Å². The fourth-order valence-corrected chi connectivity index (χ4v) is 7.36. The first-order valence-corrected chi connectivity index (χ1v) is 24.4. The van der Waals surface area contributed by atoms with Crippen LogP contribution in [0.15, 0.2) is 48.6 Å². The molecule has 2 unspecified atom stereocenters. The summed E-state index contributed by atoms with van der Waals surface area (Å²) in [6.45, 7) is 10.9. The Bertz CT molecular complexity index is 805. The van der Waals surface area contributed by atoms with Crippen LogP contribution in [0, 0.1) is 0 Å². The van der Waals surface area contributed by atoms with Gasteiger partial charge in [-0.05, 0) is 116 Å². The molecule has 330 valence electrons. The minimum absolute atomic E-state index is 0.343. The zero-order valence-electron chi connectivity index (χ0n) is 37.6. The van der Waals surface area contributed by atoms with Crippen LogP contribution in [-0.4, -0.2) is 84.6 Å². The van der Waals surface area contributed by atoms with Crippen molar-refractivity contribution < 1.29 is 10.2 Å². The Balaban J connectivity index is 4.00. The van der Waals surface area contributed by atoms with Gasteiger partial charge in [0, 0.05) is 26.2 Å². The van der Waals surface area contributed by atoms with Crippen molar-refractivity contribution in [2.24, 2.45) is 11.5 Å². The van der Waals surface area contributed by atoms with Crippen LogP contribution in [0.4, 0.5) is 0 Å². The quantitative estimate of drug-likeness (QED) is 0.0362. The lowest BCUT2D eigenvalue weighted by molar-refractivity contribution is 0.115. The molecular weight excluding hydrogens is 689 g/mol. The number of allylic oxidation sites excluding steroid dienone is 8. The van der Waals surface area contributed by atoms with Crippen LogP contribution in [0.25, 0.3) is 0 Å². The minimum Gasteiger partial charge on any atom is -0.390 e. The van der Waals surface area contributed by atoms with Crippen molar-refractivity contribution in [3.8, 4) is 0 Å². The van der Waals surface area contributed by atoms with Crippen LogP contribution < -0.4 is 11.5 Å². The minimum atomic E-state index is -0.421. The van der Waals surface area contributed by atoms with E-state index in [-0.39, 0.29) is 0 Å². The Morgan fingerprint density at radius 2 is 0.607 bits per heavy atom. The highest BCUT2D eigenvalue weighted by atomic mass is 16.3. The van der Waals surface area contributed by atoms with Gasteiger partial charge < -0.3 is 31.5 Å². The molecule has 6 heteroatoms. The molecule has 0 rings (SSSR count). The van der Waals surface area contributed by atoms with E-state index in [1.807, 2.05) is 0 Å². The van der Waals surface area contributed by atoms with Gasteiger partial charge in [0.1, 0.15) is 0 Å². The lowest BCUT2D eigenvalue weighted by atomic mass is 10.1. The average Bonchev–Trinajstić information content (AvgIpc) is 3.20. The van der Waals surface area contributed by atoms with Gasteiger partial charge in [-0.15, -0.1) is 0 Å². The maximum Gasteiger partial charge on any atom is 0.0789 e. The van der Waals surface area contributed by atoms with E-state index < -0.39 is 12.2 Å². The van der Waals surface area contributed by atoms with Gasteiger partial charge in [0.15, 0.2) is 0 Å². The van der Waals surface area contributed by atoms with Crippen LogP contribution in [0.2, 0.25) is 0 Å². The second kappa shape index (κ2) is 46.4. The Kier molecular flexibility index (Phi) is 45.3. The fourth-order valence-electron chi connectivity index (χ4n) is 7.36. The molecule has 6 N–H and O–H groups in total. The molecule has 56 heavy (non-hydrogen) atoms. The van der Waals surface area contributed by atoms with E-state index in [2.05, 4.69) is 72.3 Å². The van der Waals surface area contributed by atoms with Gasteiger partial charge in [-0.3, -0.25) is 0 Å². The molecular formula is C50H98N4O2. The molecule has 0 fully saturated rings. The van der Waals surface area contributed by atoms with Crippen molar-refractivity contribution >= 4 is 0 Å². The van der Waals surface area contributed by atoms with E-state index in [9.17, 15) is 10.2 Å². The summed E-state index contributed by atoms with van der Waals surface area (Å²) >= 11 is 0. The average molecular weight is 787 g/mol.